The number of nitrogens with zero attached hydrogens (tertiary/aromatic N) is 3. The Balaban J connectivity index is 1.90. The normalized spacial score (nSPS) is 21.4. The summed E-state index contributed by atoms with van der Waals surface area (Å²) in [6.45, 7) is 3.87. The van der Waals surface area contributed by atoms with Gasteiger partial charge in [-0.2, -0.15) is 0 Å². The molecule has 2 heterocycles. The van der Waals surface area contributed by atoms with Crippen molar-refractivity contribution in [1.82, 2.24) is 14.5 Å². The first-order valence-electron chi connectivity index (χ1n) is 5.09. The van der Waals surface area contributed by atoms with Crippen LogP contribution in [0.1, 0.15) is 19.8 Å². The molecule has 0 bridgehead atoms. The summed E-state index contributed by atoms with van der Waals surface area (Å²) in [6.07, 6.45) is 3.87. The van der Waals surface area contributed by atoms with Crippen molar-refractivity contribution in [2.75, 3.05) is 18.4 Å². The molecule has 2 rings (SSSR count). The molecule has 0 aliphatic carbocycles. The van der Waals surface area contributed by atoms with E-state index in [4.69, 9.17) is 0 Å². The number of piperidine rings is 1. The number of likely N-dealkylation sites (tertiary alicyclic amines) is 1. The molecule has 2 amide bonds. The van der Waals surface area contributed by atoms with Crippen LogP contribution in [-0.4, -0.2) is 33.6 Å². The van der Waals surface area contributed by atoms with Crippen LogP contribution in [0.5, 0.6) is 0 Å². The molecule has 1 aromatic heterocycles. The van der Waals surface area contributed by atoms with Gasteiger partial charge in [-0.1, -0.05) is 11.4 Å². The van der Waals surface area contributed by atoms with Crippen molar-refractivity contribution in [3.8, 4) is 0 Å². The number of hydrogen-bond donors (Lipinski definition) is 1. The Labute approximate surface area is 92.6 Å². The molecule has 6 heteroatoms. The maximum absolute atomic E-state index is 11.8. The fourth-order valence-corrected chi connectivity index (χ4v) is 2.19. The Hall–Kier alpha value is -1.17. The molecule has 5 nitrogen and oxygen atoms in total. The first kappa shape index (κ1) is 10.4. The smallest absolute Gasteiger partial charge is 0.322 e. The molecule has 1 aliphatic rings. The van der Waals surface area contributed by atoms with Crippen LogP contribution < -0.4 is 5.32 Å². The summed E-state index contributed by atoms with van der Waals surface area (Å²) in [4.78, 5) is 13.6. The molecule has 1 aliphatic heterocycles. The molecule has 15 heavy (non-hydrogen) atoms. The third-order valence-corrected chi connectivity index (χ3v) is 3.12. The number of carbonyl (C=O) groups is 1. The van der Waals surface area contributed by atoms with E-state index in [0.717, 1.165) is 19.5 Å². The lowest BCUT2D eigenvalue weighted by molar-refractivity contribution is 0.182. The molecule has 1 fully saturated rings. The fourth-order valence-electron chi connectivity index (χ4n) is 1.78. The van der Waals surface area contributed by atoms with Crippen molar-refractivity contribution in [2.24, 2.45) is 5.92 Å². The summed E-state index contributed by atoms with van der Waals surface area (Å²) in [6, 6.07) is -0.0346. The molecule has 82 valence electrons. The van der Waals surface area contributed by atoms with Gasteiger partial charge in [-0.15, -0.1) is 5.10 Å². The van der Waals surface area contributed by atoms with E-state index >= 15 is 0 Å². The standard InChI is InChI=1S/C9H14N4OS/c1-7-3-2-4-13(6-7)9(14)11-8-5-10-12-15-8/h5,7H,2-4,6H2,1H3,(H,11,14). The second kappa shape index (κ2) is 4.57. The predicted molar refractivity (Wildman–Crippen MR) is 58.9 cm³/mol. The molecular formula is C9H14N4OS. The quantitative estimate of drug-likeness (QED) is 0.794. The van der Waals surface area contributed by atoms with Gasteiger partial charge in [-0.3, -0.25) is 5.32 Å². The highest BCUT2D eigenvalue weighted by molar-refractivity contribution is 7.10. The number of carbonyl (C=O) groups excluding carboxylic acids is 1. The summed E-state index contributed by atoms with van der Waals surface area (Å²) in [5.41, 5.74) is 0. The Bertz CT molecular complexity index is 327. The van der Waals surface area contributed by atoms with Crippen LogP contribution in [0.4, 0.5) is 9.80 Å². The summed E-state index contributed by atoms with van der Waals surface area (Å²) >= 11 is 1.20. The van der Waals surface area contributed by atoms with E-state index < -0.39 is 0 Å². The summed E-state index contributed by atoms with van der Waals surface area (Å²) in [5.74, 6) is 0.601. The van der Waals surface area contributed by atoms with E-state index in [2.05, 4.69) is 21.8 Å². The second-order valence-corrected chi connectivity index (χ2v) is 4.69. The van der Waals surface area contributed by atoms with E-state index in [1.54, 1.807) is 6.20 Å². The van der Waals surface area contributed by atoms with Gasteiger partial charge in [0.1, 0.15) is 5.00 Å². The molecule has 1 saturated heterocycles. The van der Waals surface area contributed by atoms with Crippen LogP contribution in [0.2, 0.25) is 0 Å². The summed E-state index contributed by atoms with van der Waals surface area (Å²) < 4.78 is 3.69. The van der Waals surface area contributed by atoms with Crippen molar-refractivity contribution in [3.63, 3.8) is 0 Å². The molecule has 0 spiro atoms. The van der Waals surface area contributed by atoms with E-state index in [0.29, 0.717) is 10.9 Å². The van der Waals surface area contributed by atoms with E-state index in [9.17, 15) is 4.79 Å². The van der Waals surface area contributed by atoms with Crippen molar-refractivity contribution in [1.29, 1.82) is 0 Å². The molecule has 1 atom stereocenters. The highest BCUT2D eigenvalue weighted by atomic mass is 32.1. The first-order valence-corrected chi connectivity index (χ1v) is 5.86. The average Bonchev–Trinajstić information content (AvgIpc) is 2.70. The lowest BCUT2D eigenvalue weighted by Crippen LogP contribution is -2.41. The minimum atomic E-state index is -0.0346. The number of rotatable bonds is 1. The van der Waals surface area contributed by atoms with Crippen molar-refractivity contribution in [3.05, 3.63) is 6.20 Å². The number of urea groups is 1. The maximum atomic E-state index is 11.8. The zero-order valence-corrected chi connectivity index (χ0v) is 9.46. The molecule has 1 unspecified atom stereocenters. The van der Waals surface area contributed by atoms with Crippen LogP contribution in [0.15, 0.2) is 6.20 Å². The van der Waals surface area contributed by atoms with Crippen LogP contribution in [-0.2, 0) is 0 Å². The van der Waals surface area contributed by atoms with Gasteiger partial charge in [-0.25, -0.2) is 4.79 Å². The number of hydrogen-bond acceptors (Lipinski definition) is 4. The molecular weight excluding hydrogens is 212 g/mol. The largest absolute Gasteiger partial charge is 0.324 e. The minimum absolute atomic E-state index is 0.0346. The second-order valence-electron chi connectivity index (χ2n) is 3.91. The first-order chi connectivity index (χ1) is 7.25. The Morgan fingerprint density at radius 3 is 3.27 bits per heavy atom. The van der Waals surface area contributed by atoms with Gasteiger partial charge in [0.05, 0.1) is 6.20 Å². The summed E-state index contributed by atoms with van der Waals surface area (Å²) in [7, 11) is 0. The number of amides is 2. The minimum Gasteiger partial charge on any atom is -0.324 e. The van der Waals surface area contributed by atoms with Crippen LogP contribution in [0.25, 0.3) is 0 Å². The molecule has 1 aromatic rings. The number of aromatic nitrogens is 2. The Morgan fingerprint density at radius 1 is 1.73 bits per heavy atom. The Morgan fingerprint density at radius 2 is 2.60 bits per heavy atom. The van der Waals surface area contributed by atoms with Gasteiger partial charge in [-0.05, 0) is 18.8 Å². The van der Waals surface area contributed by atoms with Gasteiger partial charge in [0.25, 0.3) is 0 Å². The predicted octanol–water partition coefficient (Wildman–Crippen LogP) is 1.80. The van der Waals surface area contributed by atoms with Crippen molar-refractivity contribution in [2.45, 2.75) is 19.8 Å². The van der Waals surface area contributed by atoms with Gasteiger partial charge in [0, 0.05) is 24.6 Å². The van der Waals surface area contributed by atoms with Crippen LogP contribution in [0.3, 0.4) is 0 Å². The van der Waals surface area contributed by atoms with Crippen molar-refractivity contribution >= 4 is 22.6 Å². The highest BCUT2D eigenvalue weighted by Gasteiger charge is 2.21. The monoisotopic (exact) mass is 226 g/mol. The zero-order chi connectivity index (χ0) is 10.7. The summed E-state index contributed by atoms with van der Waals surface area (Å²) in [5, 5.41) is 7.17. The third kappa shape index (κ3) is 2.65. The van der Waals surface area contributed by atoms with Crippen molar-refractivity contribution < 1.29 is 4.79 Å². The molecule has 0 aromatic carbocycles. The third-order valence-electron chi connectivity index (χ3n) is 2.54. The SMILES string of the molecule is CC1CCCN(C(=O)Nc2cnns2)C1. The molecule has 0 radical (unpaired) electrons. The van der Waals surface area contributed by atoms with E-state index in [1.165, 1.54) is 18.0 Å². The van der Waals surface area contributed by atoms with Crippen LogP contribution >= 0.6 is 11.5 Å². The maximum Gasteiger partial charge on any atom is 0.322 e. The number of anilines is 1. The highest BCUT2D eigenvalue weighted by Crippen LogP contribution is 2.17. The molecule has 1 N–H and O–H groups in total. The topological polar surface area (TPSA) is 58.1 Å². The number of nitrogens with one attached hydrogen (secondary N) is 1. The van der Waals surface area contributed by atoms with E-state index in [1.807, 2.05) is 4.90 Å². The average molecular weight is 226 g/mol. The zero-order valence-electron chi connectivity index (χ0n) is 8.64. The van der Waals surface area contributed by atoms with Crippen LogP contribution in [0, 0.1) is 5.92 Å². The fraction of sp³-hybridized carbons (Fsp3) is 0.667. The lowest BCUT2D eigenvalue weighted by atomic mass is 10.0. The van der Waals surface area contributed by atoms with Gasteiger partial charge in [0.15, 0.2) is 0 Å². The lowest BCUT2D eigenvalue weighted by Gasteiger charge is -2.30. The van der Waals surface area contributed by atoms with Gasteiger partial charge >= 0.3 is 6.03 Å². The van der Waals surface area contributed by atoms with Gasteiger partial charge < -0.3 is 4.90 Å². The Kier molecular flexibility index (Phi) is 3.15. The van der Waals surface area contributed by atoms with Gasteiger partial charge in [0.2, 0.25) is 0 Å². The van der Waals surface area contributed by atoms with E-state index in [-0.39, 0.29) is 6.03 Å². The molecule has 0 saturated carbocycles.